The van der Waals surface area contributed by atoms with Crippen LogP contribution in [0.5, 0.6) is 5.75 Å². The zero-order chi connectivity index (χ0) is 14.1. The molecule has 0 radical (unpaired) electrons. The van der Waals surface area contributed by atoms with Gasteiger partial charge in [-0.2, -0.15) is 11.8 Å². The number of rotatable bonds is 9. The number of carbonyl (C=O) groups is 1. The zero-order valence-corrected chi connectivity index (χ0v) is 12.2. The second-order valence-electron chi connectivity index (χ2n) is 4.09. The van der Waals surface area contributed by atoms with Gasteiger partial charge in [-0.05, 0) is 31.4 Å². The Balaban J connectivity index is 2.60. The minimum absolute atomic E-state index is 0.502. The van der Waals surface area contributed by atoms with Crippen LogP contribution in [0.4, 0.5) is 0 Å². The fourth-order valence-corrected chi connectivity index (χ4v) is 2.20. The Hall–Kier alpha value is -1.20. The van der Waals surface area contributed by atoms with Crippen LogP contribution in [0.1, 0.15) is 18.9 Å². The molecular weight excluding hydrogens is 262 g/mol. The Morgan fingerprint density at radius 1 is 1.47 bits per heavy atom. The molecule has 1 rings (SSSR count). The maximum Gasteiger partial charge on any atom is 0.320 e. The lowest BCUT2D eigenvalue weighted by Crippen LogP contribution is -2.36. The minimum Gasteiger partial charge on any atom is -0.494 e. The second-order valence-corrected chi connectivity index (χ2v) is 5.08. The van der Waals surface area contributed by atoms with Crippen molar-refractivity contribution in [2.24, 2.45) is 0 Å². The summed E-state index contributed by atoms with van der Waals surface area (Å²) in [4.78, 5) is 11.1. The molecule has 106 valence electrons. The summed E-state index contributed by atoms with van der Waals surface area (Å²) in [7, 11) is 0. The van der Waals surface area contributed by atoms with E-state index in [0.29, 0.717) is 19.6 Å². The first-order valence-corrected chi connectivity index (χ1v) is 7.74. The molecule has 0 heterocycles. The van der Waals surface area contributed by atoms with E-state index in [-0.39, 0.29) is 0 Å². The highest BCUT2D eigenvalue weighted by atomic mass is 32.2. The summed E-state index contributed by atoms with van der Waals surface area (Å²) in [5, 5.41) is 12.2. The Morgan fingerprint density at radius 2 is 2.21 bits per heavy atom. The summed E-state index contributed by atoms with van der Waals surface area (Å²) in [5.74, 6) is 0.839. The lowest BCUT2D eigenvalue weighted by molar-refractivity contribution is -0.139. The molecule has 1 unspecified atom stereocenters. The molecule has 2 N–H and O–H groups in total. The largest absolute Gasteiger partial charge is 0.494 e. The Bertz CT molecular complexity index is 398. The Kier molecular flexibility index (Phi) is 7.36. The quantitative estimate of drug-likeness (QED) is 0.728. The van der Waals surface area contributed by atoms with Gasteiger partial charge in [0.2, 0.25) is 0 Å². The average Bonchev–Trinajstić information content (AvgIpc) is 2.40. The lowest BCUT2D eigenvalue weighted by atomic mass is 10.1. The van der Waals surface area contributed by atoms with Crippen LogP contribution in [0.15, 0.2) is 24.3 Å². The van der Waals surface area contributed by atoms with Crippen molar-refractivity contribution >= 4 is 17.7 Å². The minimum atomic E-state index is -0.803. The molecule has 1 aromatic carbocycles. The molecule has 0 fully saturated rings. The van der Waals surface area contributed by atoms with Gasteiger partial charge in [0.1, 0.15) is 11.8 Å². The maximum absolute atomic E-state index is 11.1. The lowest BCUT2D eigenvalue weighted by Gasteiger charge is -2.15. The average molecular weight is 283 g/mol. The molecule has 0 saturated heterocycles. The van der Waals surface area contributed by atoms with Crippen molar-refractivity contribution in [3.8, 4) is 5.75 Å². The van der Waals surface area contributed by atoms with Gasteiger partial charge in [-0.3, -0.25) is 4.79 Å². The van der Waals surface area contributed by atoms with Crippen molar-refractivity contribution < 1.29 is 14.6 Å². The van der Waals surface area contributed by atoms with Crippen molar-refractivity contribution in [3.63, 3.8) is 0 Å². The topological polar surface area (TPSA) is 58.6 Å². The first kappa shape index (κ1) is 15.9. The number of hydrogen-bond donors (Lipinski definition) is 2. The predicted molar refractivity (Wildman–Crippen MR) is 78.9 cm³/mol. The van der Waals surface area contributed by atoms with E-state index in [1.807, 2.05) is 37.4 Å². The number of carboxylic acids is 1. The first-order chi connectivity index (χ1) is 9.19. The number of carboxylic acid groups (broad SMARTS) is 1. The third kappa shape index (κ3) is 5.53. The highest BCUT2D eigenvalue weighted by molar-refractivity contribution is 7.98. The van der Waals surface area contributed by atoms with Gasteiger partial charge in [-0.1, -0.05) is 18.2 Å². The maximum atomic E-state index is 11.1. The normalized spacial score (nSPS) is 12.1. The van der Waals surface area contributed by atoms with E-state index in [2.05, 4.69) is 5.32 Å². The predicted octanol–water partition coefficient (Wildman–Crippen LogP) is 2.38. The van der Waals surface area contributed by atoms with Crippen LogP contribution in [-0.4, -0.2) is 35.7 Å². The first-order valence-electron chi connectivity index (χ1n) is 6.34. The van der Waals surface area contributed by atoms with Gasteiger partial charge in [0.15, 0.2) is 0 Å². The molecule has 1 atom stereocenters. The standard InChI is InChI=1S/C14H21NO3S/c1-3-18-13-7-5-4-6-11(13)10-15-12(14(16)17)8-9-19-2/h4-7,12,15H,3,8-10H2,1-2H3,(H,16,17). The number of ether oxygens (including phenoxy) is 1. The zero-order valence-electron chi connectivity index (χ0n) is 11.4. The van der Waals surface area contributed by atoms with Gasteiger partial charge < -0.3 is 15.2 Å². The molecule has 0 bridgehead atoms. The number of benzene rings is 1. The summed E-state index contributed by atoms with van der Waals surface area (Å²) < 4.78 is 5.52. The van der Waals surface area contributed by atoms with E-state index < -0.39 is 12.0 Å². The van der Waals surface area contributed by atoms with E-state index in [4.69, 9.17) is 9.84 Å². The highest BCUT2D eigenvalue weighted by Gasteiger charge is 2.16. The molecule has 1 aromatic rings. The summed E-state index contributed by atoms with van der Waals surface area (Å²) in [5.41, 5.74) is 0.986. The van der Waals surface area contributed by atoms with Gasteiger partial charge in [-0.15, -0.1) is 0 Å². The summed E-state index contributed by atoms with van der Waals surface area (Å²) in [6.07, 6.45) is 2.59. The number of para-hydroxylation sites is 1. The van der Waals surface area contributed by atoms with E-state index in [0.717, 1.165) is 17.1 Å². The molecule has 19 heavy (non-hydrogen) atoms. The highest BCUT2D eigenvalue weighted by Crippen LogP contribution is 2.18. The number of nitrogens with one attached hydrogen (secondary N) is 1. The molecule has 5 heteroatoms. The van der Waals surface area contributed by atoms with Crippen LogP contribution in [0.25, 0.3) is 0 Å². The van der Waals surface area contributed by atoms with Crippen LogP contribution in [0.2, 0.25) is 0 Å². The van der Waals surface area contributed by atoms with Crippen molar-refractivity contribution in [2.75, 3.05) is 18.6 Å². The van der Waals surface area contributed by atoms with Crippen LogP contribution in [0, 0.1) is 0 Å². The van der Waals surface area contributed by atoms with Gasteiger partial charge in [0, 0.05) is 12.1 Å². The summed E-state index contributed by atoms with van der Waals surface area (Å²) in [6.45, 7) is 3.04. The smallest absolute Gasteiger partial charge is 0.320 e. The summed E-state index contributed by atoms with van der Waals surface area (Å²) >= 11 is 1.65. The van der Waals surface area contributed by atoms with Crippen LogP contribution in [-0.2, 0) is 11.3 Å². The van der Waals surface area contributed by atoms with E-state index in [1.165, 1.54) is 0 Å². The van der Waals surface area contributed by atoms with Crippen molar-refractivity contribution in [1.82, 2.24) is 5.32 Å². The molecule has 0 aliphatic rings. The van der Waals surface area contributed by atoms with E-state index in [1.54, 1.807) is 11.8 Å². The second kappa shape index (κ2) is 8.82. The van der Waals surface area contributed by atoms with E-state index >= 15 is 0 Å². The Morgan fingerprint density at radius 3 is 2.84 bits per heavy atom. The third-order valence-corrected chi connectivity index (χ3v) is 3.36. The van der Waals surface area contributed by atoms with Crippen LogP contribution < -0.4 is 10.1 Å². The molecule has 0 saturated carbocycles. The fraction of sp³-hybridized carbons (Fsp3) is 0.500. The fourth-order valence-electron chi connectivity index (χ4n) is 1.73. The third-order valence-electron chi connectivity index (χ3n) is 2.72. The van der Waals surface area contributed by atoms with Gasteiger partial charge >= 0.3 is 5.97 Å². The molecule has 0 aliphatic carbocycles. The van der Waals surface area contributed by atoms with Gasteiger partial charge in [0.05, 0.1) is 6.61 Å². The molecular formula is C14H21NO3S. The van der Waals surface area contributed by atoms with Gasteiger partial charge in [-0.25, -0.2) is 0 Å². The SMILES string of the molecule is CCOc1ccccc1CNC(CCSC)C(=O)O. The Labute approximate surface area is 118 Å². The van der Waals surface area contributed by atoms with Crippen LogP contribution >= 0.6 is 11.8 Å². The summed E-state index contributed by atoms with van der Waals surface area (Å²) in [6, 6.07) is 7.18. The number of hydrogen-bond acceptors (Lipinski definition) is 4. The van der Waals surface area contributed by atoms with Crippen molar-refractivity contribution in [3.05, 3.63) is 29.8 Å². The molecule has 4 nitrogen and oxygen atoms in total. The van der Waals surface area contributed by atoms with Crippen molar-refractivity contribution in [2.45, 2.75) is 25.9 Å². The molecule has 0 spiro atoms. The molecule has 0 aliphatic heterocycles. The van der Waals surface area contributed by atoms with Crippen molar-refractivity contribution in [1.29, 1.82) is 0 Å². The number of thioether (sulfide) groups is 1. The van der Waals surface area contributed by atoms with Gasteiger partial charge in [0.25, 0.3) is 0 Å². The molecule has 0 aromatic heterocycles. The number of aliphatic carboxylic acids is 1. The monoisotopic (exact) mass is 283 g/mol. The van der Waals surface area contributed by atoms with Crippen LogP contribution in [0.3, 0.4) is 0 Å². The van der Waals surface area contributed by atoms with E-state index in [9.17, 15) is 4.79 Å². The molecule has 0 amide bonds.